The number of epoxide rings is 1. The lowest BCUT2D eigenvalue weighted by molar-refractivity contribution is -0.150. The molecule has 238 valence electrons. The number of allylic oxidation sites excluding steroid dienone is 1. The van der Waals surface area contributed by atoms with Crippen LogP contribution in [0.25, 0.3) is 0 Å². The molecule has 1 aliphatic heterocycles. The standard InChI is InChI=1S/C34H47F3N2O4/c1-27(2)11-9-20-21(40)17-23-31(7,12-10-22-28(3,4)24(41)33(18-38)25(43-33)32(22,23)8)30(20,6)16-15-29(5,14-13-27)26(42)39-19-34(35,36)37/h17,20,22,25H,9-16,19H2,1-8H3,(H,39,42)/t20?,22-,25+,29-,30+,31+,32-,33-/m0/s1. The first kappa shape index (κ1) is 32.2. The van der Waals surface area contributed by atoms with Gasteiger partial charge in [-0.25, -0.2) is 0 Å². The molecule has 4 fully saturated rings. The predicted octanol–water partition coefficient (Wildman–Crippen LogP) is 6.88. The third-order valence-corrected chi connectivity index (χ3v) is 13.3. The molecule has 5 rings (SSSR count). The molecule has 0 aromatic rings. The van der Waals surface area contributed by atoms with Crippen LogP contribution >= 0.6 is 0 Å². The smallest absolute Gasteiger partial charge is 0.347 e. The number of hydrogen-bond donors (Lipinski definition) is 1. The minimum absolute atomic E-state index is 0.0226. The predicted molar refractivity (Wildman–Crippen MR) is 154 cm³/mol. The van der Waals surface area contributed by atoms with Crippen LogP contribution in [-0.2, 0) is 19.1 Å². The number of nitrogens with one attached hydrogen (secondary N) is 1. The van der Waals surface area contributed by atoms with Crippen LogP contribution in [-0.4, -0.2) is 41.9 Å². The van der Waals surface area contributed by atoms with Crippen molar-refractivity contribution in [3.63, 3.8) is 0 Å². The summed E-state index contributed by atoms with van der Waals surface area (Å²) in [4.78, 5) is 41.3. The number of ketones is 2. The van der Waals surface area contributed by atoms with Crippen LogP contribution in [0.4, 0.5) is 13.2 Å². The Kier molecular flexibility index (Phi) is 7.04. The van der Waals surface area contributed by atoms with Gasteiger partial charge >= 0.3 is 6.18 Å². The van der Waals surface area contributed by atoms with Gasteiger partial charge in [0.25, 0.3) is 0 Å². The normalized spacial score (nSPS) is 45.3. The minimum atomic E-state index is -4.51. The molecule has 9 heteroatoms. The van der Waals surface area contributed by atoms with Gasteiger partial charge in [-0.1, -0.05) is 61.0 Å². The van der Waals surface area contributed by atoms with E-state index in [1.165, 1.54) is 0 Å². The quantitative estimate of drug-likeness (QED) is 0.347. The summed E-state index contributed by atoms with van der Waals surface area (Å²) in [7, 11) is 0. The van der Waals surface area contributed by atoms with Gasteiger partial charge in [-0.3, -0.25) is 14.4 Å². The highest BCUT2D eigenvalue weighted by atomic mass is 19.4. The zero-order chi connectivity index (χ0) is 32.2. The molecule has 43 heavy (non-hydrogen) atoms. The van der Waals surface area contributed by atoms with Crippen LogP contribution in [0.2, 0.25) is 0 Å². The molecule has 6 nitrogen and oxygen atoms in total. The van der Waals surface area contributed by atoms with Crippen LogP contribution in [0.15, 0.2) is 11.6 Å². The first-order chi connectivity index (χ1) is 19.5. The van der Waals surface area contributed by atoms with E-state index >= 15 is 0 Å². The Labute approximate surface area is 253 Å². The van der Waals surface area contributed by atoms with Crippen LogP contribution in [0.1, 0.15) is 107 Å². The van der Waals surface area contributed by atoms with E-state index in [4.69, 9.17) is 4.74 Å². The lowest BCUT2D eigenvalue weighted by Gasteiger charge is -2.65. The molecule has 1 saturated heterocycles. The van der Waals surface area contributed by atoms with E-state index in [0.29, 0.717) is 32.1 Å². The van der Waals surface area contributed by atoms with E-state index in [1.807, 2.05) is 19.9 Å². The third-order valence-electron chi connectivity index (χ3n) is 13.3. The topological polar surface area (TPSA) is 99.6 Å². The van der Waals surface area contributed by atoms with Gasteiger partial charge in [-0.05, 0) is 79.6 Å². The van der Waals surface area contributed by atoms with Crippen LogP contribution in [0.3, 0.4) is 0 Å². The van der Waals surface area contributed by atoms with Gasteiger partial charge in [0, 0.05) is 22.2 Å². The zero-order valence-corrected chi connectivity index (χ0v) is 26.9. The van der Waals surface area contributed by atoms with Gasteiger partial charge in [-0.2, -0.15) is 18.4 Å². The number of amides is 1. The summed E-state index contributed by atoms with van der Waals surface area (Å²) >= 11 is 0. The number of nitrogens with zero attached hydrogens (tertiary/aromatic N) is 1. The summed E-state index contributed by atoms with van der Waals surface area (Å²) < 4.78 is 45.3. The average Bonchev–Trinajstić information content (AvgIpc) is 3.66. The van der Waals surface area contributed by atoms with Gasteiger partial charge < -0.3 is 10.1 Å². The molecule has 0 radical (unpaired) electrons. The average molecular weight is 605 g/mol. The molecule has 0 aromatic carbocycles. The van der Waals surface area contributed by atoms with Gasteiger partial charge in [0.15, 0.2) is 11.6 Å². The van der Waals surface area contributed by atoms with Gasteiger partial charge in [-0.15, -0.1) is 0 Å². The van der Waals surface area contributed by atoms with E-state index in [0.717, 1.165) is 24.8 Å². The van der Waals surface area contributed by atoms with Crippen LogP contribution in [0, 0.1) is 55.7 Å². The Hall–Kier alpha value is -2.21. The number of ether oxygens (including phenoxy) is 1. The lowest BCUT2D eigenvalue weighted by atomic mass is 9.37. The summed E-state index contributed by atoms with van der Waals surface area (Å²) in [5.41, 5.74) is -4.47. The summed E-state index contributed by atoms with van der Waals surface area (Å²) in [6.45, 7) is 14.8. The molecule has 5 aliphatic rings. The van der Waals surface area contributed by atoms with Crippen molar-refractivity contribution in [1.29, 1.82) is 5.26 Å². The number of alkyl halides is 3. The molecule has 4 aliphatic carbocycles. The molecule has 1 amide bonds. The van der Waals surface area contributed by atoms with Crippen molar-refractivity contribution in [3.8, 4) is 6.07 Å². The largest absolute Gasteiger partial charge is 0.405 e. The van der Waals surface area contributed by atoms with Crippen molar-refractivity contribution in [2.75, 3.05) is 6.54 Å². The molecule has 0 spiro atoms. The van der Waals surface area contributed by atoms with E-state index in [-0.39, 0.29) is 28.8 Å². The Morgan fingerprint density at radius 3 is 2.21 bits per heavy atom. The van der Waals surface area contributed by atoms with Crippen molar-refractivity contribution in [3.05, 3.63) is 11.6 Å². The Morgan fingerprint density at radius 1 is 0.977 bits per heavy atom. The molecule has 1 N–H and O–H groups in total. The molecule has 0 aromatic heterocycles. The van der Waals surface area contributed by atoms with E-state index in [2.05, 4.69) is 46.0 Å². The van der Waals surface area contributed by atoms with Gasteiger partial charge in [0.1, 0.15) is 18.7 Å². The van der Waals surface area contributed by atoms with E-state index < -0.39 is 57.4 Å². The summed E-state index contributed by atoms with van der Waals surface area (Å²) in [6, 6.07) is 2.18. The highest BCUT2D eigenvalue weighted by Gasteiger charge is 2.82. The number of hydrogen-bond acceptors (Lipinski definition) is 5. The first-order valence-electron chi connectivity index (χ1n) is 15.8. The molecule has 3 saturated carbocycles. The fraction of sp³-hybridized carbons (Fsp3) is 0.824. The second-order valence-electron chi connectivity index (χ2n) is 16.6. The highest BCUT2D eigenvalue weighted by molar-refractivity contribution is 6.01. The fourth-order valence-corrected chi connectivity index (χ4v) is 10.0. The Balaban J connectivity index is 1.59. The van der Waals surface area contributed by atoms with E-state index in [9.17, 15) is 32.8 Å². The number of fused-ring (bicyclic) bond motifs is 7. The van der Waals surface area contributed by atoms with Crippen molar-refractivity contribution in [2.24, 2.45) is 44.3 Å². The second kappa shape index (κ2) is 9.40. The molecule has 1 heterocycles. The Morgan fingerprint density at radius 2 is 1.60 bits per heavy atom. The maximum atomic E-state index is 14.3. The molecule has 8 atom stereocenters. The first-order valence-corrected chi connectivity index (χ1v) is 15.8. The van der Waals surface area contributed by atoms with Crippen molar-refractivity contribution < 1.29 is 32.3 Å². The highest BCUT2D eigenvalue weighted by Crippen LogP contribution is 2.75. The minimum Gasteiger partial charge on any atom is -0.347 e. The lowest BCUT2D eigenvalue weighted by Crippen LogP contribution is -2.64. The fourth-order valence-electron chi connectivity index (χ4n) is 10.0. The number of carbonyl (C=O) groups excluding carboxylic acids is 3. The molecular weight excluding hydrogens is 557 g/mol. The maximum Gasteiger partial charge on any atom is 0.405 e. The summed E-state index contributed by atoms with van der Waals surface area (Å²) in [5.74, 6) is -1.20. The molecule has 0 bridgehead atoms. The van der Waals surface area contributed by atoms with Crippen LogP contribution in [0.5, 0.6) is 0 Å². The summed E-state index contributed by atoms with van der Waals surface area (Å²) in [5, 5.41) is 12.3. The van der Waals surface area contributed by atoms with E-state index in [1.54, 1.807) is 6.92 Å². The van der Waals surface area contributed by atoms with Crippen LogP contribution < -0.4 is 5.32 Å². The number of Topliss-reactive ketones (excluding diaryl/α,β-unsaturated/α-hetero) is 1. The number of rotatable bonds is 2. The van der Waals surface area contributed by atoms with Gasteiger partial charge in [0.2, 0.25) is 11.5 Å². The monoisotopic (exact) mass is 604 g/mol. The Bertz CT molecular complexity index is 1330. The molecule has 1 unspecified atom stereocenters. The van der Waals surface area contributed by atoms with Crippen molar-refractivity contribution in [2.45, 2.75) is 125 Å². The summed E-state index contributed by atoms with van der Waals surface area (Å²) in [6.07, 6.45) is 1.51. The number of nitriles is 1. The van der Waals surface area contributed by atoms with Crippen molar-refractivity contribution in [1.82, 2.24) is 5.32 Å². The van der Waals surface area contributed by atoms with Gasteiger partial charge in [0.05, 0.1) is 0 Å². The number of carbonyl (C=O) groups is 3. The maximum absolute atomic E-state index is 14.3. The zero-order valence-electron chi connectivity index (χ0n) is 26.9. The second-order valence-corrected chi connectivity index (χ2v) is 16.6. The number of halogens is 3. The SMILES string of the molecule is CC1(C)CCC2C(=O)C=C3[C@@]4(C)[C@H]5O[C@@]5(C#N)C(=O)C(C)(C)[C@@H]4CC[C@@]3(C)[C@]2(C)CC[C@@](C)(C(=O)NCC(F)(F)F)CC1. The van der Waals surface area contributed by atoms with Crippen molar-refractivity contribution >= 4 is 17.5 Å². The molecular formula is C34H47F3N2O4. The third kappa shape index (κ3) is 4.47.